The molecular weight excluding hydrogens is 450 g/mol. The van der Waals surface area contributed by atoms with E-state index in [1.165, 1.54) is 0 Å². The smallest absolute Gasteiger partial charge is 0.263 e. The molecule has 0 atom stereocenters. The third-order valence-corrected chi connectivity index (χ3v) is 5.75. The third-order valence-electron chi connectivity index (χ3n) is 5.55. The average Bonchev–Trinajstić information content (AvgIpc) is 3.24. The highest BCUT2D eigenvalue weighted by molar-refractivity contribution is 7.80. The van der Waals surface area contributed by atoms with Gasteiger partial charge in [0.1, 0.15) is 17.0 Å². The molecule has 0 unspecified atom stereocenters. The lowest BCUT2D eigenvalue weighted by Crippen LogP contribution is -2.34. The highest BCUT2D eigenvalue weighted by Crippen LogP contribution is 2.29. The molecule has 5 rings (SSSR count). The first-order valence-corrected chi connectivity index (χ1v) is 10.8. The van der Waals surface area contributed by atoms with E-state index in [0.29, 0.717) is 33.8 Å². The molecule has 3 aromatic carbocycles. The number of carbonyl (C=O) groups excluding carboxylic acids is 3. The summed E-state index contributed by atoms with van der Waals surface area (Å²) in [5.41, 5.74) is 3.26. The van der Waals surface area contributed by atoms with Crippen molar-refractivity contribution in [1.29, 1.82) is 0 Å². The van der Waals surface area contributed by atoms with Gasteiger partial charge in [-0.25, -0.2) is 0 Å². The molecule has 0 spiro atoms. The van der Waals surface area contributed by atoms with Gasteiger partial charge in [-0.1, -0.05) is 59.8 Å². The van der Waals surface area contributed by atoms with Crippen molar-refractivity contribution in [2.45, 2.75) is 6.92 Å². The molecule has 1 aliphatic carbocycles. The lowest BCUT2D eigenvalue weighted by Gasteiger charge is -2.18. The second-order valence-corrected chi connectivity index (χ2v) is 8.11. The van der Waals surface area contributed by atoms with Crippen molar-refractivity contribution in [1.82, 2.24) is 10.5 Å². The van der Waals surface area contributed by atoms with Gasteiger partial charge in [0.2, 0.25) is 0 Å². The standard InChI is InChI=1S/C26H17N3O4S/c1-14-21(22(29-33-14)15-7-3-2-4-8-15)25(32)28-26(34)27-16-11-12-19-20(13-16)24(31)18-10-6-5-9-17(18)23(19)30/h2-13H,1H3,(H2,27,28,32,34). The van der Waals surface area contributed by atoms with Crippen LogP contribution in [0.25, 0.3) is 11.3 Å². The summed E-state index contributed by atoms with van der Waals surface area (Å²) in [6.07, 6.45) is 0. The Hall–Kier alpha value is -4.43. The van der Waals surface area contributed by atoms with Gasteiger partial charge >= 0.3 is 0 Å². The number of nitrogens with zero attached hydrogens (tertiary/aromatic N) is 1. The molecular formula is C26H17N3O4S. The molecule has 166 valence electrons. The predicted molar refractivity (Wildman–Crippen MR) is 130 cm³/mol. The van der Waals surface area contributed by atoms with E-state index in [9.17, 15) is 14.4 Å². The summed E-state index contributed by atoms with van der Waals surface area (Å²) in [7, 11) is 0. The number of hydrogen-bond acceptors (Lipinski definition) is 6. The maximum Gasteiger partial charge on any atom is 0.263 e. The van der Waals surface area contributed by atoms with Crippen molar-refractivity contribution in [2.75, 3.05) is 5.32 Å². The SMILES string of the molecule is Cc1onc(-c2ccccc2)c1C(=O)NC(=S)Nc1ccc2c(c1)C(=O)c1ccccc1C2=O. The summed E-state index contributed by atoms with van der Waals surface area (Å²) >= 11 is 5.31. The molecule has 2 N–H and O–H groups in total. The van der Waals surface area contributed by atoms with E-state index in [0.717, 1.165) is 5.56 Å². The highest BCUT2D eigenvalue weighted by atomic mass is 32.1. The number of thiocarbonyl (C=S) groups is 1. The van der Waals surface area contributed by atoms with E-state index in [-0.39, 0.29) is 27.8 Å². The van der Waals surface area contributed by atoms with Crippen LogP contribution in [0.2, 0.25) is 0 Å². The zero-order valence-corrected chi connectivity index (χ0v) is 18.7. The van der Waals surface area contributed by atoms with Gasteiger partial charge in [-0.15, -0.1) is 0 Å². The Balaban J connectivity index is 1.36. The van der Waals surface area contributed by atoms with E-state index in [4.69, 9.17) is 16.7 Å². The van der Waals surface area contributed by atoms with Crippen LogP contribution in [0.3, 0.4) is 0 Å². The maximum absolute atomic E-state index is 12.9. The number of rotatable bonds is 3. The van der Waals surface area contributed by atoms with Gasteiger partial charge in [-0.2, -0.15) is 0 Å². The van der Waals surface area contributed by atoms with Crippen LogP contribution >= 0.6 is 12.2 Å². The van der Waals surface area contributed by atoms with E-state index < -0.39 is 5.91 Å². The summed E-state index contributed by atoms with van der Waals surface area (Å²) in [5.74, 6) is -0.565. The molecule has 7 nitrogen and oxygen atoms in total. The normalized spacial score (nSPS) is 12.0. The van der Waals surface area contributed by atoms with E-state index >= 15 is 0 Å². The zero-order chi connectivity index (χ0) is 23.8. The van der Waals surface area contributed by atoms with Crippen LogP contribution in [0.4, 0.5) is 5.69 Å². The number of hydrogen-bond donors (Lipinski definition) is 2. The Kier molecular flexibility index (Phi) is 5.35. The average molecular weight is 468 g/mol. The van der Waals surface area contributed by atoms with Gasteiger partial charge in [0.15, 0.2) is 16.7 Å². The fourth-order valence-electron chi connectivity index (χ4n) is 3.94. The van der Waals surface area contributed by atoms with Crippen molar-refractivity contribution in [3.8, 4) is 11.3 Å². The molecule has 0 bridgehead atoms. The Morgan fingerprint density at radius 2 is 1.47 bits per heavy atom. The minimum Gasteiger partial charge on any atom is -0.360 e. The molecule has 1 heterocycles. The number of ketones is 2. The summed E-state index contributed by atoms with van der Waals surface area (Å²) < 4.78 is 5.24. The fourth-order valence-corrected chi connectivity index (χ4v) is 4.15. The lowest BCUT2D eigenvalue weighted by atomic mass is 9.84. The molecule has 0 radical (unpaired) electrons. The van der Waals surface area contributed by atoms with Gasteiger partial charge < -0.3 is 9.84 Å². The first-order chi connectivity index (χ1) is 16.4. The maximum atomic E-state index is 12.9. The second-order valence-electron chi connectivity index (χ2n) is 7.70. The van der Waals surface area contributed by atoms with Gasteiger partial charge in [-0.05, 0) is 37.3 Å². The molecule has 0 saturated heterocycles. The lowest BCUT2D eigenvalue weighted by molar-refractivity contribution is 0.0975. The van der Waals surface area contributed by atoms with Gasteiger partial charge in [0.25, 0.3) is 5.91 Å². The minimum atomic E-state index is -0.478. The molecule has 0 fully saturated rings. The van der Waals surface area contributed by atoms with Gasteiger partial charge in [0, 0.05) is 33.5 Å². The zero-order valence-electron chi connectivity index (χ0n) is 17.9. The van der Waals surface area contributed by atoms with Crippen molar-refractivity contribution < 1.29 is 18.9 Å². The number of nitrogens with one attached hydrogen (secondary N) is 2. The monoisotopic (exact) mass is 467 g/mol. The van der Waals surface area contributed by atoms with Crippen LogP contribution in [0, 0.1) is 6.92 Å². The van der Waals surface area contributed by atoms with Crippen LogP contribution in [0.1, 0.15) is 48.0 Å². The van der Waals surface area contributed by atoms with Crippen molar-refractivity contribution in [2.24, 2.45) is 0 Å². The fraction of sp³-hybridized carbons (Fsp3) is 0.0385. The predicted octanol–water partition coefficient (Wildman–Crippen LogP) is 4.55. The van der Waals surface area contributed by atoms with Crippen LogP contribution in [-0.4, -0.2) is 27.7 Å². The Morgan fingerprint density at radius 3 is 2.18 bits per heavy atom. The molecule has 4 aromatic rings. The first kappa shape index (κ1) is 21.4. The minimum absolute atomic E-state index is 0.0274. The number of amides is 1. The quantitative estimate of drug-likeness (QED) is 0.375. The van der Waals surface area contributed by atoms with Crippen molar-refractivity contribution in [3.63, 3.8) is 0 Å². The number of aromatic nitrogens is 1. The van der Waals surface area contributed by atoms with Crippen LogP contribution in [0.5, 0.6) is 0 Å². The van der Waals surface area contributed by atoms with Crippen LogP contribution in [-0.2, 0) is 0 Å². The topological polar surface area (TPSA) is 101 Å². The molecule has 0 saturated carbocycles. The summed E-state index contributed by atoms with van der Waals surface area (Å²) in [4.78, 5) is 38.7. The molecule has 34 heavy (non-hydrogen) atoms. The first-order valence-electron chi connectivity index (χ1n) is 10.4. The van der Waals surface area contributed by atoms with Gasteiger partial charge in [-0.3, -0.25) is 19.7 Å². The van der Waals surface area contributed by atoms with E-state index in [1.54, 1.807) is 49.4 Å². The summed E-state index contributed by atoms with van der Waals surface area (Å²) in [6.45, 7) is 1.65. The number of carbonyl (C=O) groups is 3. The van der Waals surface area contributed by atoms with E-state index in [1.807, 2.05) is 30.3 Å². The van der Waals surface area contributed by atoms with Crippen LogP contribution < -0.4 is 10.6 Å². The second kappa shape index (κ2) is 8.49. The largest absolute Gasteiger partial charge is 0.360 e. The Bertz CT molecular complexity index is 1490. The molecule has 0 aliphatic heterocycles. The summed E-state index contributed by atoms with van der Waals surface area (Å²) in [5, 5.41) is 9.57. The van der Waals surface area contributed by atoms with Gasteiger partial charge in [0.05, 0.1) is 0 Å². The third kappa shape index (κ3) is 3.70. The Morgan fingerprint density at radius 1 is 0.853 bits per heavy atom. The van der Waals surface area contributed by atoms with Crippen molar-refractivity contribution in [3.05, 3.63) is 106 Å². The number of fused-ring (bicyclic) bond motifs is 2. The Labute approximate surface area is 199 Å². The van der Waals surface area contributed by atoms with Crippen LogP contribution in [0.15, 0.2) is 77.3 Å². The molecule has 1 aliphatic rings. The van der Waals surface area contributed by atoms with Crippen molar-refractivity contribution >= 4 is 40.5 Å². The number of anilines is 1. The van der Waals surface area contributed by atoms with E-state index in [2.05, 4.69) is 15.8 Å². The molecule has 1 aromatic heterocycles. The summed E-state index contributed by atoms with van der Waals surface area (Å²) in [6, 6.07) is 20.7. The molecule has 1 amide bonds. The highest BCUT2D eigenvalue weighted by Gasteiger charge is 2.29. The number of benzene rings is 3. The molecule has 8 heteroatoms. The number of aryl methyl sites for hydroxylation is 1.